The van der Waals surface area contributed by atoms with Crippen LogP contribution in [-0.2, 0) is 37.5 Å². The van der Waals surface area contributed by atoms with Crippen LogP contribution in [0.15, 0.2) is 36.5 Å². The summed E-state index contributed by atoms with van der Waals surface area (Å²) in [6, 6.07) is 0. The number of carbonyl (C=O) groups is 3. The number of fused-ring (bicyclic) bond motifs is 4. The Morgan fingerprint density at radius 3 is 1.98 bits per heavy atom. The van der Waals surface area contributed by atoms with Crippen molar-refractivity contribution in [3.63, 3.8) is 0 Å². The number of allylic oxidation sites excluding steroid dienone is 3. The van der Waals surface area contributed by atoms with Gasteiger partial charge in [-0.15, -0.1) is 0 Å². The number of cyclic esters (lactones) is 1. The molecule has 63 heavy (non-hydrogen) atoms. The van der Waals surface area contributed by atoms with Gasteiger partial charge in [0, 0.05) is 18.8 Å². The molecule has 0 aromatic heterocycles. The summed E-state index contributed by atoms with van der Waals surface area (Å²) in [7, 11) is -5.41. The number of phosphoric acid groups is 1. The molecule has 2 rings (SSSR count). The highest BCUT2D eigenvalue weighted by Crippen LogP contribution is 2.47. The molecule has 0 aromatic carbocycles. The molecule has 16 heteroatoms. The van der Waals surface area contributed by atoms with Gasteiger partial charge in [-0.1, -0.05) is 153 Å². The highest BCUT2D eigenvalue weighted by atomic mass is 31.2. The third kappa shape index (κ3) is 24.2. The lowest BCUT2D eigenvalue weighted by atomic mass is 9.87. The molecule has 1 heterocycles. The number of carbonyl (C=O) groups excluding carboxylic acids is 3. The number of ketones is 1. The van der Waals surface area contributed by atoms with Crippen LogP contribution >= 0.6 is 7.82 Å². The summed E-state index contributed by atoms with van der Waals surface area (Å²) in [6.45, 7) is 2.87. The van der Waals surface area contributed by atoms with E-state index in [-0.39, 0.29) is 19.3 Å². The average molecular weight is 917 g/mol. The molecule has 364 valence electrons. The van der Waals surface area contributed by atoms with Gasteiger partial charge in [-0.3, -0.25) is 23.4 Å². The third-order valence-electron chi connectivity index (χ3n) is 11.7. The van der Waals surface area contributed by atoms with Gasteiger partial charge in [0.15, 0.2) is 11.9 Å². The molecule has 0 saturated heterocycles. The number of aliphatic hydroxyl groups excluding tert-OH is 6. The topological polar surface area (TPSA) is 247 Å². The van der Waals surface area contributed by atoms with E-state index >= 15 is 0 Å². The average Bonchev–Trinajstić information content (AvgIpc) is 3.26. The minimum absolute atomic E-state index is 0.0287. The Bertz CT molecular complexity index is 1400. The molecular formula is C47H81O15P. The van der Waals surface area contributed by atoms with Crippen LogP contribution in [0, 0.1) is 11.8 Å². The standard InChI is InChI=1S/C47H81O15P/c1-3-5-7-8-9-10-11-12-13-14-15-16-17-18-23-27-40(50)59-33-37-34-60-63(57,58)62-47-45(55)43(53)38(31-30-36(48)26-21-6-4-2)39(49)32-29-35(42(52)44(54)46(47)56)25-22-19-20-24-28-41(51)61-37/h19,22,29-32,35-38,42-48,52-56H,3-18,20-21,23-28,33-34H2,1-2H3,(H,57,58)/b22-19-,31-30+,32-29-/t35-,36-,37+,38-,42+,43+,44-,45+,46+,47+/m0/s1. The number of rotatable bonds is 24. The fourth-order valence-electron chi connectivity index (χ4n) is 7.73. The zero-order chi connectivity index (χ0) is 46.5. The van der Waals surface area contributed by atoms with Gasteiger partial charge in [-0.2, -0.15) is 0 Å². The summed E-state index contributed by atoms with van der Waals surface area (Å²) in [4.78, 5) is 49.9. The van der Waals surface area contributed by atoms with E-state index in [9.17, 15) is 54.5 Å². The molecule has 0 fully saturated rings. The second-order valence-corrected chi connectivity index (χ2v) is 18.7. The zero-order valence-corrected chi connectivity index (χ0v) is 38.9. The van der Waals surface area contributed by atoms with E-state index in [1.54, 1.807) is 12.2 Å². The van der Waals surface area contributed by atoms with E-state index in [0.29, 0.717) is 32.1 Å². The van der Waals surface area contributed by atoms with Gasteiger partial charge < -0.3 is 45.0 Å². The minimum Gasteiger partial charge on any atom is -0.462 e. The van der Waals surface area contributed by atoms with Gasteiger partial charge in [-0.05, 0) is 38.2 Å². The van der Waals surface area contributed by atoms with Crippen LogP contribution in [-0.4, -0.2) is 115 Å². The number of phosphoric ester groups is 1. The van der Waals surface area contributed by atoms with Crippen molar-refractivity contribution in [3.05, 3.63) is 36.5 Å². The molecule has 0 aromatic rings. The van der Waals surface area contributed by atoms with Crippen molar-refractivity contribution in [1.82, 2.24) is 0 Å². The maximum absolute atomic E-state index is 13.5. The van der Waals surface area contributed by atoms with E-state index in [1.807, 2.05) is 6.92 Å². The Kier molecular flexibility index (Phi) is 30.0. The Hall–Kier alpha value is -2.30. The fraction of sp³-hybridized carbons (Fsp3) is 0.809. The van der Waals surface area contributed by atoms with Crippen molar-refractivity contribution in [3.8, 4) is 0 Å². The molecule has 0 saturated carbocycles. The van der Waals surface area contributed by atoms with Gasteiger partial charge >= 0.3 is 19.8 Å². The highest BCUT2D eigenvalue weighted by molar-refractivity contribution is 7.47. The predicted molar refractivity (Wildman–Crippen MR) is 239 cm³/mol. The summed E-state index contributed by atoms with van der Waals surface area (Å²) in [6.07, 6.45) is 13.9. The maximum Gasteiger partial charge on any atom is 0.472 e. The van der Waals surface area contributed by atoms with Gasteiger partial charge in [0.05, 0.1) is 30.8 Å². The lowest BCUT2D eigenvalue weighted by molar-refractivity contribution is -0.164. The molecule has 0 spiro atoms. The molecule has 1 unspecified atom stereocenters. The maximum atomic E-state index is 13.5. The van der Waals surface area contributed by atoms with Gasteiger partial charge in [0.25, 0.3) is 0 Å². The molecule has 7 N–H and O–H groups in total. The SMILES string of the molecule is CCCCCCCCCCCCCCCCCC(=O)OC[C@@H]1COP(=O)(O)O[C@H]2[C@H](O)[C@@H](O)[C@H](O)[C@H](/C=C\C(=O)[C@H](/C=C/[C@@H](O)CCCCC)[C@@H](O)[C@H]2O)C/C=C\CCCC(=O)O1. The highest BCUT2D eigenvalue weighted by Gasteiger charge is 2.47. The first-order valence-electron chi connectivity index (χ1n) is 23.8. The second-order valence-electron chi connectivity index (χ2n) is 17.3. The molecule has 11 atom stereocenters. The predicted octanol–water partition coefficient (Wildman–Crippen LogP) is 7.01. The fourth-order valence-corrected chi connectivity index (χ4v) is 8.70. The van der Waals surface area contributed by atoms with Gasteiger partial charge in [-0.25, -0.2) is 4.57 Å². The van der Waals surface area contributed by atoms with Crippen molar-refractivity contribution in [2.75, 3.05) is 13.2 Å². The summed E-state index contributed by atoms with van der Waals surface area (Å²) in [5, 5.41) is 66.9. The number of unbranched alkanes of at least 4 members (excludes halogenated alkanes) is 16. The summed E-state index contributed by atoms with van der Waals surface area (Å²) in [5.41, 5.74) is 0. The van der Waals surface area contributed by atoms with Crippen molar-refractivity contribution in [2.45, 2.75) is 217 Å². The smallest absolute Gasteiger partial charge is 0.462 e. The summed E-state index contributed by atoms with van der Waals surface area (Å²) in [5.74, 6) is -4.61. The molecule has 1 aliphatic carbocycles. The first kappa shape index (κ1) is 56.8. The van der Waals surface area contributed by atoms with Crippen molar-refractivity contribution in [1.29, 1.82) is 0 Å². The number of hydrogen-bond donors (Lipinski definition) is 7. The lowest BCUT2D eigenvalue weighted by Crippen LogP contribution is -2.55. The quantitative estimate of drug-likeness (QED) is 0.0223. The van der Waals surface area contributed by atoms with E-state index in [4.69, 9.17) is 18.5 Å². The van der Waals surface area contributed by atoms with Crippen molar-refractivity contribution in [2.24, 2.45) is 11.8 Å². The number of ether oxygens (including phenoxy) is 2. The van der Waals surface area contributed by atoms with E-state index in [0.717, 1.165) is 44.6 Å². The third-order valence-corrected chi connectivity index (χ3v) is 12.7. The van der Waals surface area contributed by atoms with E-state index in [1.165, 1.54) is 82.4 Å². The van der Waals surface area contributed by atoms with E-state index < -0.39 is 99.4 Å². The van der Waals surface area contributed by atoms with Crippen molar-refractivity contribution < 1.29 is 73.0 Å². The van der Waals surface area contributed by atoms with Crippen LogP contribution < -0.4 is 0 Å². The molecule has 1 aliphatic heterocycles. The largest absolute Gasteiger partial charge is 0.472 e. The van der Waals surface area contributed by atoms with Gasteiger partial charge in [0.1, 0.15) is 31.0 Å². The Labute approximate surface area is 375 Å². The van der Waals surface area contributed by atoms with Crippen LogP contribution in [0.2, 0.25) is 0 Å². The first-order chi connectivity index (χ1) is 30.2. The Morgan fingerprint density at radius 1 is 0.794 bits per heavy atom. The monoisotopic (exact) mass is 917 g/mol. The second kappa shape index (κ2) is 33.2. The Morgan fingerprint density at radius 2 is 1.37 bits per heavy atom. The molecule has 0 amide bonds. The number of hydrogen-bond acceptors (Lipinski definition) is 14. The molecular weight excluding hydrogens is 835 g/mol. The van der Waals surface area contributed by atoms with Crippen LogP contribution in [0.5, 0.6) is 0 Å². The minimum atomic E-state index is -5.41. The van der Waals surface area contributed by atoms with E-state index in [2.05, 4.69) is 6.92 Å². The van der Waals surface area contributed by atoms with Crippen molar-refractivity contribution >= 4 is 25.5 Å². The first-order valence-corrected chi connectivity index (χ1v) is 25.3. The van der Waals surface area contributed by atoms with Crippen LogP contribution in [0.3, 0.4) is 0 Å². The normalized spacial score (nSPS) is 30.9. The van der Waals surface area contributed by atoms with Gasteiger partial charge in [0.2, 0.25) is 0 Å². The van der Waals surface area contributed by atoms with Crippen LogP contribution in [0.1, 0.15) is 168 Å². The Balaban J connectivity index is 2.11. The summed E-state index contributed by atoms with van der Waals surface area (Å²) < 4.78 is 34.6. The molecule has 0 radical (unpaired) electrons. The number of aliphatic hydroxyl groups is 6. The molecule has 2 bridgehead atoms. The summed E-state index contributed by atoms with van der Waals surface area (Å²) >= 11 is 0. The lowest BCUT2D eigenvalue weighted by Gasteiger charge is -2.36. The molecule has 2 aliphatic rings. The zero-order valence-electron chi connectivity index (χ0n) is 38.0. The number of esters is 2. The van der Waals surface area contributed by atoms with Crippen LogP contribution in [0.4, 0.5) is 0 Å². The molecule has 15 nitrogen and oxygen atoms in total. The van der Waals surface area contributed by atoms with Crippen LogP contribution in [0.25, 0.3) is 0 Å².